The van der Waals surface area contributed by atoms with E-state index in [2.05, 4.69) is 13.4 Å². The Labute approximate surface area is 175 Å². The Morgan fingerprint density at radius 3 is 2.06 bits per heavy atom. The van der Waals surface area contributed by atoms with Crippen LogP contribution in [0.4, 0.5) is 26.3 Å². The molecule has 0 amide bonds. The van der Waals surface area contributed by atoms with Crippen LogP contribution in [0.25, 0.3) is 11.5 Å². The Bertz CT molecular complexity index is 1280. The van der Waals surface area contributed by atoms with E-state index in [4.69, 9.17) is 4.42 Å². The van der Waals surface area contributed by atoms with E-state index in [-0.39, 0.29) is 24.3 Å². The normalized spacial score (nSPS) is 15.4. The van der Waals surface area contributed by atoms with Crippen LogP contribution in [0.5, 0.6) is 11.5 Å². The Hall–Kier alpha value is -2.82. The molecule has 0 atom stereocenters. The zero-order valence-electron chi connectivity index (χ0n) is 15.2. The molecule has 176 valence electrons. The zero-order chi connectivity index (χ0) is 24.1. The summed E-state index contributed by atoms with van der Waals surface area (Å²) in [6.45, 7) is 0. The van der Waals surface area contributed by atoms with Crippen molar-refractivity contribution < 1.29 is 60.8 Å². The number of rotatable bonds is 5. The van der Waals surface area contributed by atoms with Gasteiger partial charge in [-0.2, -0.15) is 43.2 Å². The predicted molar refractivity (Wildman–Crippen MR) is 90.4 cm³/mol. The lowest BCUT2D eigenvalue weighted by Crippen LogP contribution is -2.28. The Kier molecular flexibility index (Phi) is 5.70. The molecule has 0 saturated heterocycles. The van der Waals surface area contributed by atoms with Gasteiger partial charge >= 0.3 is 31.3 Å². The van der Waals surface area contributed by atoms with E-state index in [1.54, 1.807) is 0 Å². The molecular formula is C15H9F6NO8S2. The second kappa shape index (κ2) is 7.65. The number of oxazole rings is 1. The van der Waals surface area contributed by atoms with Crippen molar-refractivity contribution in [3.63, 3.8) is 0 Å². The van der Waals surface area contributed by atoms with Crippen LogP contribution in [0, 0.1) is 0 Å². The summed E-state index contributed by atoms with van der Waals surface area (Å²) in [4.78, 5) is 15.7. The number of nitrogens with zero attached hydrogens (tertiary/aromatic N) is 1. The number of hydrogen-bond donors (Lipinski definition) is 0. The predicted octanol–water partition coefficient (Wildman–Crippen LogP) is 3.32. The number of carbonyl (C=O) groups is 1. The SMILES string of the molecule is O=C1CCCc2oc(-c3cc(OS(=O)(=O)C(F)(F)F)ccc3OS(=O)(=O)C(F)(F)F)nc21. The summed E-state index contributed by atoms with van der Waals surface area (Å²) in [5.74, 6) is -3.40. The van der Waals surface area contributed by atoms with E-state index in [9.17, 15) is 48.0 Å². The maximum atomic E-state index is 12.7. The lowest BCUT2D eigenvalue weighted by Gasteiger charge is -2.14. The van der Waals surface area contributed by atoms with E-state index >= 15 is 0 Å². The van der Waals surface area contributed by atoms with Crippen molar-refractivity contribution in [1.82, 2.24) is 4.98 Å². The van der Waals surface area contributed by atoms with Crippen LogP contribution in [0.15, 0.2) is 22.6 Å². The van der Waals surface area contributed by atoms with Gasteiger partial charge in [-0.25, -0.2) is 4.98 Å². The van der Waals surface area contributed by atoms with Crippen molar-refractivity contribution in [2.45, 2.75) is 30.3 Å². The first-order valence-electron chi connectivity index (χ1n) is 8.21. The first-order valence-corrected chi connectivity index (χ1v) is 11.0. The van der Waals surface area contributed by atoms with Gasteiger partial charge in [0.25, 0.3) is 0 Å². The fraction of sp³-hybridized carbons (Fsp3) is 0.333. The molecule has 1 aromatic heterocycles. The number of Topliss-reactive ketones (excluding diaryl/α,β-unsaturated/α-hetero) is 1. The molecule has 9 nitrogen and oxygen atoms in total. The van der Waals surface area contributed by atoms with Gasteiger partial charge in [0.15, 0.2) is 11.5 Å². The molecule has 0 bridgehead atoms. The van der Waals surface area contributed by atoms with Gasteiger partial charge in [-0.1, -0.05) is 0 Å². The Morgan fingerprint density at radius 1 is 0.906 bits per heavy atom. The van der Waals surface area contributed by atoms with Crippen molar-refractivity contribution in [2.24, 2.45) is 0 Å². The summed E-state index contributed by atoms with van der Waals surface area (Å²) in [5, 5.41) is 0. The van der Waals surface area contributed by atoms with E-state index in [1.165, 1.54) is 0 Å². The molecular weight excluding hydrogens is 500 g/mol. The molecule has 0 spiro atoms. The number of benzene rings is 1. The van der Waals surface area contributed by atoms with Crippen molar-refractivity contribution >= 4 is 26.0 Å². The third-order valence-corrected chi connectivity index (χ3v) is 5.87. The third-order valence-electron chi connectivity index (χ3n) is 3.92. The first kappa shape index (κ1) is 23.8. The van der Waals surface area contributed by atoms with Crippen molar-refractivity contribution in [2.75, 3.05) is 0 Å². The summed E-state index contributed by atoms with van der Waals surface area (Å²) >= 11 is 0. The van der Waals surface area contributed by atoms with Crippen molar-refractivity contribution in [3.8, 4) is 23.0 Å². The molecule has 0 unspecified atom stereocenters. The standard InChI is InChI=1S/C15H9F6NO8S2/c16-14(17,18)31(24,25)29-7-4-5-10(30-32(26,27)15(19,20)21)8(6-7)13-22-12-9(23)2-1-3-11(12)28-13/h4-6H,1-3H2. The molecule has 1 aliphatic rings. The minimum Gasteiger partial charge on any atom is -0.440 e. The number of ketones is 1. The monoisotopic (exact) mass is 509 g/mol. The summed E-state index contributed by atoms with van der Waals surface area (Å²) in [6.07, 6.45) is 0.598. The van der Waals surface area contributed by atoms with Gasteiger partial charge in [0.05, 0.1) is 5.56 Å². The number of halogens is 6. The van der Waals surface area contributed by atoms with Crippen LogP contribution in [-0.4, -0.2) is 38.6 Å². The summed E-state index contributed by atoms with van der Waals surface area (Å²) in [7, 11) is -12.4. The average molecular weight is 509 g/mol. The quantitative estimate of drug-likeness (QED) is 0.339. The third kappa shape index (κ3) is 4.52. The highest BCUT2D eigenvalue weighted by atomic mass is 32.2. The zero-order valence-corrected chi connectivity index (χ0v) is 16.8. The fourth-order valence-electron chi connectivity index (χ4n) is 2.52. The fourth-order valence-corrected chi connectivity index (χ4v) is 3.45. The molecule has 17 heteroatoms. The second-order valence-electron chi connectivity index (χ2n) is 6.19. The maximum Gasteiger partial charge on any atom is 0.534 e. The highest BCUT2D eigenvalue weighted by molar-refractivity contribution is 7.88. The molecule has 0 saturated carbocycles. The second-order valence-corrected chi connectivity index (χ2v) is 9.27. The van der Waals surface area contributed by atoms with Crippen LogP contribution >= 0.6 is 0 Å². The summed E-state index contributed by atoms with van der Waals surface area (Å²) in [6, 6.07) is 1.24. The highest BCUT2D eigenvalue weighted by Crippen LogP contribution is 2.39. The molecule has 0 N–H and O–H groups in total. The number of hydrogen-bond acceptors (Lipinski definition) is 9. The van der Waals surface area contributed by atoms with E-state index < -0.39 is 60.0 Å². The number of alkyl halides is 6. The number of aryl methyl sites for hydroxylation is 1. The van der Waals surface area contributed by atoms with Crippen LogP contribution in [0.2, 0.25) is 0 Å². The molecule has 32 heavy (non-hydrogen) atoms. The van der Waals surface area contributed by atoms with Gasteiger partial charge < -0.3 is 12.8 Å². The molecule has 0 aliphatic heterocycles. The number of aromatic nitrogens is 1. The minimum absolute atomic E-state index is 0.00452. The van der Waals surface area contributed by atoms with Crippen LogP contribution < -0.4 is 8.37 Å². The molecule has 0 radical (unpaired) electrons. The van der Waals surface area contributed by atoms with Crippen LogP contribution in [0.3, 0.4) is 0 Å². The van der Waals surface area contributed by atoms with Gasteiger partial charge in [-0.15, -0.1) is 0 Å². The molecule has 3 rings (SSSR count). The molecule has 2 aromatic rings. The van der Waals surface area contributed by atoms with Crippen molar-refractivity contribution in [1.29, 1.82) is 0 Å². The molecule has 0 fully saturated rings. The highest BCUT2D eigenvalue weighted by Gasteiger charge is 2.50. The van der Waals surface area contributed by atoms with Crippen LogP contribution in [-0.2, 0) is 26.7 Å². The lowest BCUT2D eigenvalue weighted by atomic mass is 10.0. The van der Waals surface area contributed by atoms with Gasteiger partial charge in [-0.3, -0.25) is 4.79 Å². The van der Waals surface area contributed by atoms with Gasteiger partial charge in [0.2, 0.25) is 5.89 Å². The van der Waals surface area contributed by atoms with Gasteiger partial charge in [0.1, 0.15) is 17.2 Å². The molecule has 1 aliphatic carbocycles. The van der Waals surface area contributed by atoms with Crippen molar-refractivity contribution in [3.05, 3.63) is 29.7 Å². The Morgan fingerprint density at radius 2 is 1.50 bits per heavy atom. The smallest absolute Gasteiger partial charge is 0.440 e. The average Bonchev–Trinajstić information content (AvgIpc) is 3.06. The van der Waals surface area contributed by atoms with E-state index in [1.807, 2.05) is 0 Å². The van der Waals surface area contributed by atoms with E-state index in [0.717, 1.165) is 0 Å². The largest absolute Gasteiger partial charge is 0.534 e. The Balaban J connectivity index is 2.14. The van der Waals surface area contributed by atoms with Gasteiger partial charge in [0, 0.05) is 12.8 Å². The number of carbonyl (C=O) groups excluding carboxylic acids is 1. The maximum absolute atomic E-state index is 12.7. The minimum atomic E-state index is -6.24. The van der Waals surface area contributed by atoms with E-state index in [0.29, 0.717) is 24.6 Å². The molecule has 1 aromatic carbocycles. The molecule has 1 heterocycles. The topological polar surface area (TPSA) is 130 Å². The summed E-state index contributed by atoms with van der Waals surface area (Å²) < 4.78 is 134. The van der Waals surface area contributed by atoms with Crippen LogP contribution in [0.1, 0.15) is 29.1 Å². The number of fused-ring (bicyclic) bond motifs is 1. The van der Waals surface area contributed by atoms with Gasteiger partial charge in [-0.05, 0) is 24.6 Å². The first-order chi connectivity index (χ1) is 14.5. The lowest BCUT2D eigenvalue weighted by molar-refractivity contribution is -0.0505. The summed E-state index contributed by atoms with van der Waals surface area (Å²) in [5.41, 5.74) is -12.7.